The SMILES string of the molecule is CCNC(=O)c1ccc(N)cc1NCC(C)c1nccs1. The highest BCUT2D eigenvalue weighted by Crippen LogP contribution is 2.22. The minimum atomic E-state index is -0.0955. The van der Waals surface area contributed by atoms with Crippen molar-refractivity contribution >= 4 is 28.6 Å². The Balaban J connectivity index is 2.11. The molecule has 0 spiro atoms. The minimum absolute atomic E-state index is 0.0955. The molecule has 1 aromatic carbocycles. The molecule has 4 N–H and O–H groups in total. The van der Waals surface area contributed by atoms with E-state index in [1.54, 1.807) is 35.7 Å². The molecule has 21 heavy (non-hydrogen) atoms. The second-order valence-corrected chi connectivity index (χ2v) is 5.74. The number of thiazole rings is 1. The van der Waals surface area contributed by atoms with Crippen LogP contribution < -0.4 is 16.4 Å². The number of nitrogens with one attached hydrogen (secondary N) is 2. The van der Waals surface area contributed by atoms with Crippen molar-refractivity contribution < 1.29 is 4.79 Å². The van der Waals surface area contributed by atoms with Crippen molar-refractivity contribution in [3.05, 3.63) is 40.3 Å². The smallest absolute Gasteiger partial charge is 0.253 e. The predicted octanol–water partition coefficient (Wildman–Crippen LogP) is 2.69. The Bertz CT molecular complexity index is 598. The number of rotatable bonds is 6. The first-order chi connectivity index (χ1) is 10.1. The van der Waals surface area contributed by atoms with E-state index in [1.807, 2.05) is 12.3 Å². The number of aromatic nitrogens is 1. The third kappa shape index (κ3) is 3.95. The van der Waals surface area contributed by atoms with Gasteiger partial charge in [0.05, 0.1) is 10.6 Å². The fourth-order valence-electron chi connectivity index (χ4n) is 1.99. The van der Waals surface area contributed by atoms with Crippen LogP contribution in [0.2, 0.25) is 0 Å². The van der Waals surface area contributed by atoms with Gasteiger partial charge in [-0.3, -0.25) is 4.79 Å². The van der Waals surface area contributed by atoms with E-state index in [-0.39, 0.29) is 11.8 Å². The van der Waals surface area contributed by atoms with E-state index < -0.39 is 0 Å². The number of carbonyl (C=O) groups is 1. The van der Waals surface area contributed by atoms with Crippen molar-refractivity contribution in [2.45, 2.75) is 19.8 Å². The van der Waals surface area contributed by atoms with Gasteiger partial charge < -0.3 is 16.4 Å². The fourth-order valence-corrected chi connectivity index (χ4v) is 2.69. The molecular weight excluding hydrogens is 284 g/mol. The molecule has 1 heterocycles. The van der Waals surface area contributed by atoms with E-state index in [0.717, 1.165) is 10.7 Å². The summed E-state index contributed by atoms with van der Waals surface area (Å²) >= 11 is 1.63. The highest BCUT2D eigenvalue weighted by atomic mass is 32.1. The third-order valence-corrected chi connectivity index (χ3v) is 4.10. The summed E-state index contributed by atoms with van der Waals surface area (Å²) in [6, 6.07) is 5.27. The monoisotopic (exact) mass is 304 g/mol. The Morgan fingerprint density at radius 2 is 2.29 bits per heavy atom. The van der Waals surface area contributed by atoms with Gasteiger partial charge in [-0.2, -0.15) is 0 Å². The minimum Gasteiger partial charge on any atom is -0.399 e. The second kappa shape index (κ2) is 7.08. The van der Waals surface area contributed by atoms with Crippen LogP contribution in [0.4, 0.5) is 11.4 Å². The van der Waals surface area contributed by atoms with E-state index in [2.05, 4.69) is 22.5 Å². The molecule has 112 valence electrons. The van der Waals surface area contributed by atoms with Crippen LogP contribution in [0, 0.1) is 0 Å². The van der Waals surface area contributed by atoms with Crippen LogP contribution in [-0.2, 0) is 0 Å². The van der Waals surface area contributed by atoms with Crippen LogP contribution in [0.15, 0.2) is 29.8 Å². The Hall–Kier alpha value is -2.08. The van der Waals surface area contributed by atoms with Gasteiger partial charge in [-0.05, 0) is 25.1 Å². The van der Waals surface area contributed by atoms with E-state index in [0.29, 0.717) is 24.3 Å². The lowest BCUT2D eigenvalue weighted by atomic mass is 10.1. The zero-order chi connectivity index (χ0) is 15.2. The molecular formula is C15H20N4OS. The van der Waals surface area contributed by atoms with Gasteiger partial charge >= 0.3 is 0 Å². The number of nitrogen functional groups attached to an aromatic ring is 1. The summed E-state index contributed by atoms with van der Waals surface area (Å²) in [5.41, 5.74) is 7.82. The Morgan fingerprint density at radius 1 is 1.48 bits per heavy atom. The lowest BCUT2D eigenvalue weighted by Crippen LogP contribution is -2.24. The molecule has 0 aliphatic heterocycles. The van der Waals surface area contributed by atoms with Gasteiger partial charge in [0.2, 0.25) is 0 Å². The maximum atomic E-state index is 12.0. The first-order valence-corrected chi connectivity index (χ1v) is 7.80. The molecule has 0 bridgehead atoms. The molecule has 1 amide bonds. The van der Waals surface area contributed by atoms with Crippen LogP contribution in [0.25, 0.3) is 0 Å². The standard InChI is InChI=1S/C15H20N4OS/c1-3-17-14(20)12-5-4-11(16)8-13(12)19-9-10(2)15-18-6-7-21-15/h4-8,10,19H,3,9,16H2,1-2H3,(H,17,20). The summed E-state index contributed by atoms with van der Waals surface area (Å²) in [6.07, 6.45) is 1.80. The number of hydrogen-bond donors (Lipinski definition) is 3. The van der Waals surface area contributed by atoms with Gasteiger partial charge in [-0.25, -0.2) is 4.98 Å². The lowest BCUT2D eigenvalue weighted by molar-refractivity contribution is 0.0956. The summed E-state index contributed by atoms with van der Waals surface area (Å²) < 4.78 is 0. The Morgan fingerprint density at radius 3 is 2.95 bits per heavy atom. The first-order valence-electron chi connectivity index (χ1n) is 6.92. The average Bonchev–Trinajstić information content (AvgIpc) is 2.99. The number of amides is 1. The van der Waals surface area contributed by atoms with Gasteiger partial charge in [-0.15, -0.1) is 11.3 Å². The lowest BCUT2D eigenvalue weighted by Gasteiger charge is -2.15. The van der Waals surface area contributed by atoms with E-state index in [1.165, 1.54) is 0 Å². The van der Waals surface area contributed by atoms with Crippen LogP contribution in [0.1, 0.15) is 35.1 Å². The van der Waals surface area contributed by atoms with E-state index in [4.69, 9.17) is 5.73 Å². The fraction of sp³-hybridized carbons (Fsp3) is 0.333. The molecule has 5 nitrogen and oxygen atoms in total. The van der Waals surface area contributed by atoms with Gasteiger partial charge in [-0.1, -0.05) is 6.92 Å². The third-order valence-electron chi connectivity index (χ3n) is 3.10. The van der Waals surface area contributed by atoms with Gasteiger partial charge in [0.1, 0.15) is 0 Å². The largest absolute Gasteiger partial charge is 0.399 e. The zero-order valence-corrected chi connectivity index (χ0v) is 13.0. The topological polar surface area (TPSA) is 80.0 Å². The van der Waals surface area contributed by atoms with Crippen molar-refractivity contribution in [3.63, 3.8) is 0 Å². The van der Waals surface area contributed by atoms with Gasteiger partial charge in [0, 0.05) is 42.0 Å². The first kappa shape index (κ1) is 15.3. The maximum absolute atomic E-state index is 12.0. The second-order valence-electron chi connectivity index (χ2n) is 4.82. The quantitative estimate of drug-likeness (QED) is 0.717. The summed E-state index contributed by atoms with van der Waals surface area (Å²) in [7, 11) is 0. The maximum Gasteiger partial charge on any atom is 0.253 e. The number of anilines is 2. The Labute approximate surface area is 128 Å². The van der Waals surface area contributed by atoms with Gasteiger partial charge in [0.25, 0.3) is 5.91 Å². The molecule has 0 fully saturated rings. The van der Waals surface area contributed by atoms with Crippen LogP contribution >= 0.6 is 11.3 Å². The van der Waals surface area contributed by atoms with Crippen LogP contribution in [-0.4, -0.2) is 24.0 Å². The molecule has 0 saturated carbocycles. The number of nitrogens with two attached hydrogens (primary N) is 1. The van der Waals surface area contributed by atoms with Crippen LogP contribution in [0.5, 0.6) is 0 Å². The van der Waals surface area contributed by atoms with Crippen LogP contribution in [0.3, 0.4) is 0 Å². The molecule has 0 aliphatic carbocycles. The molecule has 1 atom stereocenters. The number of nitrogens with zero attached hydrogens (tertiary/aromatic N) is 1. The average molecular weight is 304 g/mol. The molecule has 1 unspecified atom stereocenters. The summed E-state index contributed by atoms with van der Waals surface area (Å²) in [5, 5.41) is 9.15. The summed E-state index contributed by atoms with van der Waals surface area (Å²) in [6.45, 7) is 5.29. The highest BCUT2D eigenvalue weighted by Gasteiger charge is 2.13. The molecule has 2 rings (SSSR count). The summed E-state index contributed by atoms with van der Waals surface area (Å²) in [4.78, 5) is 16.4. The zero-order valence-electron chi connectivity index (χ0n) is 12.2. The van der Waals surface area contributed by atoms with Crippen molar-refractivity contribution in [2.75, 3.05) is 24.1 Å². The number of benzene rings is 1. The Kier molecular flexibility index (Phi) is 5.16. The van der Waals surface area contributed by atoms with Gasteiger partial charge in [0.15, 0.2) is 0 Å². The molecule has 2 aromatic rings. The summed E-state index contributed by atoms with van der Waals surface area (Å²) in [5.74, 6) is 0.176. The molecule has 6 heteroatoms. The molecule has 0 radical (unpaired) electrons. The van der Waals surface area contributed by atoms with Crippen molar-refractivity contribution in [2.24, 2.45) is 0 Å². The van der Waals surface area contributed by atoms with E-state index in [9.17, 15) is 4.79 Å². The number of carbonyl (C=O) groups excluding carboxylic acids is 1. The number of hydrogen-bond acceptors (Lipinski definition) is 5. The molecule has 0 aliphatic rings. The van der Waals surface area contributed by atoms with E-state index >= 15 is 0 Å². The predicted molar refractivity (Wildman–Crippen MR) is 87.9 cm³/mol. The molecule has 1 aromatic heterocycles. The highest BCUT2D eigenvalue weighted by molar-refractivity contribution is 7.09. The van der Waals surface area contributed by atoms with Crippen molar-refractivity contribution in [3.8, 4) is 0 Å². The normalized spacial score (nSPS) is 11.9. The van der Waals surface area contributed by atoms with Crippen molar-refractivity contribution in [1.82, 2.24) is 10.3 Å². The van der Waals surface area contributed by atoms with Crippen molar-refractivity contribution in [1.29, 1.82) is 0 Å². The molecule has 0 saturated heterocycles.